The van der Waals surface area contributed by atoms with Gasteiger partial charge >= 0.3 is 0 Å². The molecule has 1 aliphatic rings. The van der Waals surface area contributed by atoms with Gasteiger partial charge in [-0.3, -0.25) is 4.79 Å². The summed E-state index contributed by atoms with van der Waals surface area (Å²) in [5.74, 6) is 0.252. The molecule has 1 N–H and O–H groups in total. The monoisotopic (exact) mass is 241 g/mol. The Balaban J connectivity index is 2.32. The van der Waals surface area contributed by atoms with Crippen LogP contribution in [0, 0.1) is 0 Å². The average Bonchev–Trinajstić information content (AvgIpc) is 2.85. The molecule has 1 fully saturated rings. The summed E-state index contributed by atoms with van der Waals surface area (Å²) in [4.78, 5) is 14.0. The van der Waals surface area contributed by atoms with Crippen LogP contribution in [0.3, 0.4) is 0 Å². The predicted molar refractivity (Wildman–Crippen MR) is 69.8 cm³/mol. The summed E-state index contributed by atoms with van der Waals surface area (Å²) in [6.07, 6.45) is 9.96. The van der Waals surface area contributed by atoms with Crippen LogP contribution in [0.4, 0.5) is 0 Å². The number of unbranched alkanes of at least 4 members (excludes halogenated alkanes) is 3. The van der Waals surface area contributed by atoms with Gasteiger partial charge in [0.25, 0.3) is 0 Å². The van der Waals surface area contributed by atoms with Gasteiger partial charge in [-0.05, 0) is 19.3 Å². The molecule has 1 rings (SSSR count). The van der Waals surface area contributed by atoms with Crippen LogP contribution in [0.25, 0.3) is 0 Å². The van der Waals surface area contributed by atoms with Crippen molar-refractivity contribution < 1.29 is 9.90 Å². The summed E-state index contributed by atoms with van der Waals surface area (Å²) < 4.78 is 0. The van der Waals surface area contributed by atoms with Crippen molar-refractivity contribution in [3.63, 3.8) is 0 Å². The first kappa shape index (κ1) is 14.5. The fraction of sp³-hybridized carbons (Fsp3) is 0.929. The van der Waals surface area contributed by atoms with Crippen molar-refractivity contribution in [3.05, 3.63) is 0 Å². The molecule has 3 heteroatoms. The smallest absolute Gasteiger partial charge is 0.222 e. The van der Waals surface area contributed by atoms with E-state index in [9.17, 15) is 4.79 Å². The summed E-state index contributed by atoms with van der Waals surface area (Å²) in [6.45, 7) is 2.80. The molecule has 100 valence electrons. The van der Waals surface area contributed by atoms with E-state index in [1.54, 1.807) is 0 Å². The Labute approximate surface area is 105 Å². The molecule has 1 saturated carbocycles. The first-order valence-corrected chi connectivity index (χ1v) is 7.20. The van der Waals surface area contributed by atoms with Crippen molar-refractivity contribution in [2.75, 3.05) is 13.2 Å². The summed E-state index contributed by atoms with van der Waals surface area (Å²) in [5, 5.41) is 9.06. The van der Waals surface area contributed by atoms with Crippen LogP contribution < -0.4 is 0 Å². The Kier molecular flexibility index (Phi) is 7.25. The quantitative estimate of drug-likeness (QED) is 0.664. The van der Waals surface area contributed by atoms with Gasteiger partial charge < -0.3 is 10.0 Å². The normalized spacial score (nSPS) is 16.4. The summed E-state index contributed by atoms with van der Waals surface area (Å²) in [6, 6.07) is 0.404. The second kappa shape index (κ2) is 8.51. The number of hydrogen-bond acceptors (Lipinski definition) is 2. The molecule has 17 heavy (non-hydrogen) atoms. The molecule has 0 aromatic rings. The topological polar surface area (TPSA) is 40.5 Å². The van der Waals surface area contributed by atoms with Gasteiger partial charge in [0, 0.05) is 19.0 Å². The lowest BCUT2D eigenvalue weighted by Gasteiger charge is -2.28. The third-order valence-corrected chi connectivity index (χ3v) is 3.67. The molecule has 1 amide bonds. The predicted octanol–water partition coefficient (Wildman–Crippen LogP) is 2.72. The summed E-state index contributed by atoms with van der Waals surface area (Å²) in [7, 11) is 0. The molecule has 0 saturated heterocycles. The second-order valence-electron chi connectivity index (χ2n) is 5.06. The molecule has 0 heterocycles. The third-order valence-electron chi connectivity index (χ3n) is 3.67. The molecular formula is C14H27NO2. The van der Waals surface area contributed by atoms with Gasteiger partial charge in [-0.25, -0.2) is 0 Å². The Morgan fingerprint density at radius 1 is 1.24 bits per heavy atom. The highest BCUT2D eigenvalue weighted by Gasteiger charge is 2.25. The van der Waals surface area contributed by atoms with Gasteiger partial charge in [0.15, 0.2) is 0 Å². The van der Waals surface area contributed by atoms with Crippen LogP contribution in [-0.4, -0.2) is 35.1 Å². The van der Waals surface area contributed by atoms with Gasteiger partial charge in [-0.1, -0.05) is 39.0 Å². The lowest BCUT2D eigenvalue weighted by molar-refractivity contribution is -0.134. The minimum Gasteiger partial charge on any atom is -0.395 e. The maximum absolute atomic E-state index is 12.1. The van der Waals surface area contributed by atoms with Gasteiger partial charge in [0.2, 0.25) is 5.91 Å². The minimum absolute atomic E-state index is 0.0944. The number of carbonyl (C=O) groups excluding carboxylic acids is 1. The number of aliphatic hydroxyl groups excluding tert-OH is 1. The first-order valence-electron chi connectivity index (χ1n) is 7.20. The molecule has 0 spiro atoms. The van der Waals surface area contributed by atoms with Crippen molar-refractivity contribution in [1.29, 1.82) is 0 Å². The van der Waals surface area contributed by atoms with E-state index in [0.717, 1.165) is 25.7 Å². The third kappa shape index (κ3) is 5.07. The van der Waals surface area contributed by atoms with Crippen LogP contribution in [0.5, 0.6) is 0 Å². The van der Waals surface area contributed by atoms with Crippen LogP contribution >= 0.6 is 0 Å². The highest BCUT2D eigenvalue weighted by molar-refractivity contribution is 5.76. The van der Waals surface area contributed by atoms with Gasteiger partial charge in [-0.15, -0.1) is 0 Å². The molecule has 0 unspecified atom stereocenters. The summed E-state index contributed by atoms with van der Waals surface area (Å²) >= 11 is 0. The van der Waals surface area contributed by atoms with Crippen molar-refractivity contribution in [3.8, 4) is 0 Å². The average molecular weight is 241 g/mol. The van der Waals surface area contributed by atoms with E-state index < -0.39 is 0 Å². The van der Waals surface area contributed by atoms with Crippen LogP contribution in [0.2, 0.25) is 0 Å². The van der Waals surface area contributed by atoms with Crippen molar-refractivity contribution in [1.82, 2.24) is 4.90 Å². The molecule has 3 nitrogen and oxygen atoms in total. The van der Waals surface area contributed by atoms with E-state index >= 15 is 0 Å². The fourth-order valence-corrected chi connectivity index (χ4v) is 2.68. The molecule has 0 radical (unpaired) electrons. The Morgan fingerprint density at radius 2 is 1.94 bits per heavy atom. The van der Waals surface area contributed by atoms with Crippen LogP contribution in [0.1, 0.15) is 64.7 Å². The van der Waals surface area contributed by atoms with Crippen molar-refractivity contribution >= 4 is 5.91 Å². The minimum atomic E-state index is 0.0944. The number of carbonyl (C=O) groups is 1. The van der Waals surface area contributed by atoms with Crippen molar-refractivity contribution in [2.24, 2.45) is 0 Å². The number of hydrogen-bond donors (Lipinski definition) is 1. The number of rotatable bonds is 8. The zero-order valence-corrected chi connectivity index (χ0v) is 11.2. The SMILES string of the molecule is CCCCCCC(=O)N(CCO)C1CCCC1. The fourth-order valence-electron chi connectivity index (χ4n) is 2.68. The standard InChI is InChI=1S/C14H27NO2/c1-2-3-4-5-10-14(17)15(11-12-16)13-8-6-7-9-13/h13,16H,2-12H2,1H3. The zero-order valence-electron chi connectivity index (χ0n) is 11.2. The van der Waals surface area contributed by atoms with Crippen LogP contribution in [-0.2, 0) is 4.79 Å². The highest BCUT2D eigenvalue weighted by Crippen LogP contribution is 2.24. The molecule has 0 aromatic heterocycles. The van der Waals surface area contributed by atoms with Crippen molar-refractivity contribution in [2.45, 2.75) is 70.8 Å². The maximum atomic E-state index is 12.1. The van der Waals surface area contributed by atoms with E-state index in [2.05, 4.69) is 6.92 Å². The van der Waals surface area contributed by atoms with Gasteiger partial charge in [-0.2, -0.15) is 0 Å². The Morgan fingerprint density at radius 3 is 2.53 bits per heavy atom. The van der Waals surface area contributed by atoms with E-state index in [1.165, 1.54) is 25.7 Å². The molecular weight excluding hydrogens is 214 g/mol. The maximum Gasteiger partial charge on any atom is 0.222 e. The van der Waals surface area contributed by atoms with Gasteiger partial charge in [0.1, 0.15) is 0 Å². The largest absolute Gasteiger partial charge is 0.395 e. The molecule has 0 bridgehead atoms. The molecule has 0 aromatic carbocycles. The van der Waals surface area contributed by atoms with E-state index in [-0.39, 0.29) is 12.5 Å². The number of amides is 1. The zero-order chi connectivity index (χ0) is 12.5. The molecule has 0 atom stereocenters. The van der Waals surface area contributed by atoms with E-state index in [0.29, 0.717) is 19.0 Å². The summed E-state index contributed by atoms with van der Waals surface area (Å²) in [5.41, 5.74) is 0. The lowest BCUT2D eigenvalue weighted by atomic mass is 10.1. The molecule has 1 aliphatic carbocycles. The first-order chi connectivity index (χ1) is 8.29. The molecule has 0 aliphatic heterocycles. The number of aliphatic hydroxyl groups is 1. The van der Waals surface area contributed by atoms with Crippen LogP contribution in [0.15, 0.2) is 0 Å². The lowest BCUT2D eigenvalue weighted by Crippen LogP contribution is -2.40. The second-order valence-corrected chi connectivity index (χ2v) is 5.06. The highest BCUT2D eigenvalue weighted by atomic mass is 16.3. The Hall–Kier alpha value is -0.570. The number of nitrogens with zero attached hydrogens (tertiary/aromatic N) is 1. The Bertz CT molecular complexity index is 212. The van der Waals surface area contributed by atoms with E-state index in [1.807, 2.05) is 4.90 Å². The van der Waals surface area contributed by atoms with Gasteiger partial charge in [0.05, 0.1) is 6.61 Å². The van der Waals surface area contributed by atoms with E-state index in [4.69, 9.17) is 5.11 Å².